The minimum atomic E-state index is -0.412. The number of hydrogen-bond acceptors (Lipinski definition) is 2. The van der Waals surface area contributed by atoms with E-state index in [9.17, 15) is 4.79 Å². The van der Waals surface area contributed by atoms with Crippen molar-refractivity contribution in [2.45, 2.75) is 31.3 Å². The lowest BCUT2D eigenvalue weighted by atomic mass is 9.85. The van der Waals surface area contributed by atoms with Gasteiger partial charge in [0.05, 0.1) is 0 Å². The molecule has 3 nitrogen and oxygen atoms in total. The van der Waals surface area contributed by atoms with Crippen LogP contribution in [0.1, 0.15) is 35.6 Å². The quantitative estimate of drug-likeness (QED) is 0.876. The Morgan fingerprint density at radius 2 is 1.96 bits per heavy atom. The maximum absolute atomic E-state index is 11.9. The summed E-state index contributed by atoms with van der Waals surface area (Å²) >= 11 is 6.17. The van der Waals surface area contributed by atoms with Crippen molar-refractivity contribution in [3.8, 4) is 0 Å². The number of rotatable bonds is 4. The van der Waals surface area contributed by atoms with Crippen LogP contribution in [-0.4, -0.2) is 13.1 Å². The standard InChI is InChI=1S/C19H20ClNO2/c1-13-5-3-6-14(11-13)17(23-18(22)21-2)19(9-10-19)15-7-4-8-16(20)12-15/h3-8,11-12,17H,9-10H2,1-2H3,(H,21,22). The first-order valence-corrected chi connectivity index (χ1v) is 8.14. The molecule has 2 aromatic carbocycles. The number of alkyl carbamates (subject to hydrolysis) is 1. The van der Waals surface area contributed by atoms with Gasteiger partial charge < -0.3 is 10.1 Å². The molecule has 0 radical (unpaired) electrons. The molecule has 3 rings (SSSR count). The monoisotopic (exact) mass is 329 g/mol. The number of carbonyl (C=O) groups is 1. The highest BCUT2D eigenvalue weighted by molar-refractivity contribution is 6.30. The number of hydrogen-bond donors (Lipinski definition) is 1. The molecule has 1 atom stereocenters. The average Bonchev–Trinajstić information content (AvgIpc) is 3.34. The second-order valence-electron chi connectivity index (χ2n) is 6.12. The van der Waals surface area contributed by atoms with Gasteiger partial charge in [0.1, 0.15) is 6.10 Å². The number of aryl methyl sites for hydroxylation is 1. The first kappa shape index (κ1) is 15.9. The normalized spacial score (nSPS) is 16.5. The summed E-state index contributed by atoms with van der Waals surface area (Å²) in [4.78, 5) is 11.9. The molecule has 4 heteroatoms. The minimum absolute atomic E-state index is 0.189. The Balaban J connectivity index is 2.03. The first-order valence-electron chi connectivity index (χ1n) is 7.76. The van der Waals surface area contributed by atoms with E-state index >= 15 is 0 Å². The maximum atomic E-state index is 11.9. The number of nitrogens with one attached hydrogen (secondary N) is 1. The number of amides is 1. The van der Waals surface area contributed by atoms with Gasteiger partial charge in [0.25, 0.3) is 0 Å². The van der Waals surface area contributed by atoms with Crippen molar-refractivity contribution < 1.29 is 9.53 Å². The molecule has 23 heavy (non-hydrogen) atoms. The predicted octanol–water partition coefficient (Wildman–Crippen LogP) is 4.78. The minimum Gasteiger partial charge on any atom is -0.440 e. The molecule has 0 aliphatic heterocycles. The van der Waals surface area contributed by atoms with E-state index in [1.54, 1.807) is 7.05 Å². The van der Waals surface area contributed by atoms with E-state index in [0.29, 0.717) is 5.02 Å². The van der Waals surface area contributed by atoms with Gasteiger partial charge in [-0.05, 0) is 43.0 Å². The first-order chi connectivity index (χ1) is 11.0. The van der Waals surface area contributed by atoms with Crippen LogP contribution in [-0.2, 0) is 10.2 Å². The van der Waals surface area contributed by atoms with Gasteiger partial charge in [-0.1, -0.05) is 53.6 Å². The molecule has 120 valence electrons. The fraction of sp³-hybridized carbons (Fsp3) is 0.316. The number of ether oxygens (including phenoxy) is 1. The van der Waals surface area contributed by atoms with Crippen LogP contribution in [0.2, 0.25) is 5.02 Å². The molecule has 1 aliphatic rings. The predicted molar refractivity (Wildman–Crippen MR) is 91.8 cm³/mol. The number of carbonyl (C=O) groups excluding carboxylic acids is 1. The Morgan fingerprint density at radius 3 is 2.57 bits per heavy atom. The molecule has 0 saturated heterocycles. The lowest BCUT2D eigenvalue weighted by Crippen LogP contribution is -2.29. The summed E-state index contributed by atoms with van der Waals surface area (Å²) in [5.41, 5.74) is 3.10. The highest BCUT2D eigenvalue weighted by Gasteiger charge is 2.53. The van der Waals surface area contributed by atoms with Crippen LogP contribution < -0.4 is 5.32 Å². The third-order valence-electron chi connectivity index (χ3n) is 4.46. The number of benzene rings is 2. The van der Waals surface area contributed by atoms with Gasteiger partial charge in [-0.2, -0.15) is 0 Å². The molecule has 0 spiro atoms. The molecular formula is C19H20ClNO2. The average molecular weight is 330 g/mol. The van der Waals surface area contributed by atoms with E-state index in [0.717, 1.165) is 29.5 Å². The van der Waals surface area contributed by atoms with Crippen LogP contribution in [0.15, 0.2) is 48.5 Å². The topological polar surface area (TPSA) is 38.3 Å². The van der Waals surface area contributed by atoms with Gasteiger partial charge in [-0.3, -0.25) is 0 Å². The molecule has 0 heterocycles. The van der Waals surface area contributed by atoms with Crippen LogP contribution in [0.3, 0.4) is 0 Å². The largest absolute Gasteiger partial charge is 0.440 e. The molecule has 1 amide bonds. The zero-order valence-electron chi connectivity index (χ0n) is 13.3. The van der Waals surface area contributed by atoms with Gasteiger partial charge in [0.15, 0.2) is 0 Å². The summed E-state index contributed by atoms with van der Waals surface area (Å²) < 4.78 is 5.77. The highest BCUT2D eigenvalue weighted by atomic mass is 35.5. The molecule has 0 aromatic heterocycles. The molecule has 1 aliphatic carbocycles. The fourth-order valence-electron chi connectivity index (χ4n) is 3.13. The smallest absolute Gasteiger partial charge is 0.407 e. The Bertz CT molecular complexity index is 725. The third kappa shape index (κ3) is 3.20. The van der Waals surface area contributed by atoms with Crippen LogP contribution in [0.25, 0.3) is 0 Å². The zero-order valence-corrected chi connectivity index (χ0v) is 14.1. The third-order valence-corrected chi connectivity index (χ3v) is 4.70. The van der Waals surface area contributed by atoms with Crippen molar-refractivity contribution in [2.24, 2.45) is 0 Å². The van der Waals surface area contributed by atoms with Crippen molar-refractivity contribution in [3.05, 3.63) is 70.2 Å². The summed E-state index contributed by atoms with van der Waals surface area (Å²) in [5.74, 6) is 0. The van der Waals surface area contributed by atoms with Crippen LogP contribution >= 0.6 is 11.6 Å². The maximum Gasteiger partial charge on any atom is 0.407 e. The summed E-state index contributed by atoms with van der Waals surface area (Å²) in [6.45, 7) is 2.04. The second-order valence-corrected chi connectivity index (χ2v) is 6.55. The number of halogens is 1. The summed E-state index contributed by atoms with van der Waals surface area (Å²) in [6, 6.07) is 16.0. The van der Waals surface area contributed by atoms with Gasteiger partial charge in [0, 0.05) is 17.5 Å². The Hall–Kier alpha value is -2.00. The van der Waals surface area contributed by atoms with Crippen LogP contribution in [0, 0.1) is 6.92 Å². The van der Waals surface area contributed by atoms with E-state index in [4.69, 9.17) is 16.3 Å². The Labute approximate surface area is 141 Å². The van der Waals surface area contributed by atoms with Crippen molar-refractivity contribution >= 4 is 17.7 Å². The van der Waals surface area contributed by atoms with Crippen molar-refractivity contribution in [1.82, 2.24) is 5.32 Å². The Morgan fingerprint density at radius 1 is 1.22 bits per heavy atom. The summed E-state index contributed by atoms with van der Waals surface area (Å²) in [7, 11) is 1.58. The SMILES string of the molecule is CNC(=O)OC(c1cccc(C)c1)C1(c2cccc(Cl)c2)CC1. The van der Waals surface area contributed by atoms with Gasteiger partial charge >= 0.3 is 6.09 Å². The molecule has 1 saturated carbocycles. The van der Waals surface area contributed by atoms with Gasteiger partial charge in [0.2, 0.25) is 0 Å². The van der Waals surface area contributed by atoms with Crippen LogP contribution in [0.5, 0.6) is 0 Å². The van der Waals surface area contributed by atoms with E-state index in [1.165, 1.54) is 0 Å². The lowest BCUT2D eigenvalue weighted by molar-refractivity contribution is 0.0757. The summed E-state index contributed by atoms with van der Waals surface area (Å²) in [5, 5.41) is 3.26. The van der Waals surface area contributed by atoms with E-state index < -0.39 is 6.09 Å². The lowest BCUT2D eigenvalue weighted by Gasteiger charge is -2.28. The van der Waals surface area contributed by atoms with Crippen molar-refractivity contribution in [3.63, 3.8) is 0 Å². The molecular weight excluding hydrogens is 310 g/mol. The molecule has 2 aromatic rings. The fourth-order valence-corrected chi connectivity index (χ4v) is 3.32. The van der Waals surface area contributed by atoms with Crippen molar-refractivity contribution in [1.29, 1.82) is 0 Å². The molecule has 1 fully saturated rings. The van der Waals surface area contributed by atoms with E-state index in [2.05, 4.69) is 17.4 Å². The van der Waals surface area contributed by atoms with Gasteiger partial charge in [-0.25, -0.2) is 4.79 Å². The summed E-state index contributed by atoms with van der Waals surface area (Å²) in [6.07, 6.45) is 1.22. The van der Waals surface area contributed by atoms with Gasteiger partial charge in [-0.15, -0.1) is 0 Å². The Kier molecular flexibility index (Phi) is 4.31. The molecule has 0 bridgehead atoms. The zero-order chi connectivity index (χ0) is 16.4. The second kappa shape index (κ2) is 6.25. The molecule has 1 unspecified atom stereocenters. The van der Waals surface area contributed by atoms with Crippen molar-refractivity contribution in [2.75, 3.05) is 7.05 Å². The van der Waals surface area contributed by atoms with Crippen LogP contribution in [0.4, 0.5) is 4.79 Å². The van der Waals surface area contributed by atoms with E-state index in [1.807, 2.05) is 43.3 Å². The molecule has 1 N–H and O–H groups in total. The van der Waals surface area contributed by atoms with E-state index in [-0.39, 0.29) is 11.5 Å². The highest BCUT2D eigenvalue weighted by Crippen LogP contribution is 2.58.